The number of fused-ring (bicyclic) bond motifs is 5. The Labute approximate surface area is 133 Å². The van der Waals surface area contributed by atoms with Crippen LogP contribution in [-0.4, -0.2) is 11.2 Å². The van der Waals surface area contributed by atoms with Crippen molar-refractivity contribution in [3.8, 4) is 0 Å². The van der Waals surface area contributed by atoms with E-state index < -0.39 is 0 Å². The zero-order chi connectivity index (χ0) is 15.5. The summed E-state index contributed by atoms with van der Waals surface area (Å²) in [6, 6.07) is 0. The highest BCUT2D eigenvalue weighted by Crippen LogP contribution is 2.65. The molecule has 4 aliphatic rings. The predicted molar refractivity (Wildman–Crippen MR) is 86.9 cm³/mol. The Kier molecular flexibility index (Phi) is 3.35. The van der Waals surface area contributed by atoms with Crippen LogP contribution in [0.2, 0.25) is 0 Å². The molecule has 0 aromatic heterocycles. The fraction of sp³-hybridized carbons (Fsp3) is 0.800. The van der Waals surface area contributed by atoms with Gasteiger partial charge < -0.3 is 5.11 Å². The van der Waals surface area contributed by atoms with Crippen LogP contribution in [-0.2, 0) is 0 Å². The quantitative estimate of drug-likeness (QED) is 0.655. The average Bonchev–Trinajstić information content (AvgIpc) is 2.82. The van der Waals surface area contributed by atoms with Crippen molar-refractivity contribution in [2.75, 3.05) is 0 Å². The molecule has 1 nitrogen and oxygen atoms in total. The Morgan fingerprint density at radius 2 is 1.91 bits per heavy atom. The molecule has 0 spiro atoms. The van der Waals surface area contributed by atoms with Gasteiger partial charge in [0, 0.05) is 0 Å². The monoisotopic (exact) mass is 304 g/mol. The summed E-state index contributed by atoms with van der Waals surface area (Å²) in [5, 5.41) is 10.5. The second kappa shape index (κ2) is 4.93. The third kappa shape index (κ3) is 1.85. The lowest BCUT2D eigenvalue weighted by atomic mass is 9.47. The summed E-state index contributed by atoms with van der Waals surface area (Å²) >= 11 is 0. The summed E-state index contributed by atoms with van der Waals surface area (Å²) in [6.45, 7) is 4.78. The van der Waals surface area contributed by atoms with E-state index >= 15 is 0 Å². The lowest BCUT2D eigenvalue weighted by molar-refractivity contribution is -0.0728. The number of halogens is 1. The van der Waals surface area contributed by atoms with Crippen LogP contribution in [0, 0.1) is 28.6 Å². The highest BCUT2D eigenvalue weighted by molar-refractivity contribution is 5.34. The zero-order valence-corrected chi connectivity index (χ0v) is 13.9. The summed E-state index contributed by atoms with van der Waals surface area (Å²) in [7, 11) is 0. The fourth-order valence-electron chi connectivity index (χ4n) is 6.67. The average molecular weight is 304 g/mol. The van der Waals surface area contributed by atoms with Crippen molar-refractivity contribution >= 4 is 0 Å². The highest BCUT2D eigenvalue weighted by atomic mass is 19.1. The summed E-state index contributed by atoms with van der Waals surface area (Å²) in [5.41, 5.74) is 2.84. The first-order valence-corrected chi connectivity index (χ1v) is 9.17. The van der Waals surface area contributed by atoms with Gasteiger partial charge in [0.1, 0.15) is 0 Å². The molecule has 3 saturated carbocycles. The molecule has 122 valence electrons. The van der Waals surface area contributed by atoms with E-state index in [2.05, 4.69) is 19.9 Å². The second-order valence-corrected chi connectivity index (χ2v) is 8.82. The zero-order valence-electron chi connectivity index (χ0n) is 13.9. The van der Waals surface area contributed by atoms with Gasteiger partial charge in [-0.3, -0.25) is 0 Å². The Morgan fingerprint density at radius 3 is 2.68 bits per heavy atom. The van der Waals surface area contributed by atoms with Crippen LogP contribution < -0.4 is 0 Å². The summed E-state index contributed by atoms with van der Waals surface area (Å²) in [5.74, 6) is 2.23. The number of rotatable bonds is 0. The fourth-order valence-corrected chi connectivity index (χ4v) is 6.67. The number of hydrogen-bond donors (Lipinski definition) is 1. The molecule has 0 aliphatic heterocycles. The van der Waals surface area contributed by atoms with Crippen molar-refractivity contribution in [1.82, 2.24) is 0 Å². The molecular weight excluding hydrogens is 275 g/mol. The van der Waals surface area contributed by atoms with Crippen LogP contribution in [0.15, 0.2) is 23.6 Å². The molecule has 6 atom stereocenters. The molecular formula is C20H29FO. The maximum absolute atomic E-state index is 12.9. The van der Waals surface area contributed by atoms with Gasteiger partial charge in [-0.25, -0.2) is 4.39 Å². The third-order valence-corrected chi connectivity index (χ3v) is 8.12. The van der Waals surface area contributed by atoms with E-state index in [1.807, 2.05) is 0 Å². The van der Waals surface area contributed by atoms with Gasteiger partial charge >= 0.3 is 0 Å². The van der Waals surface area contributed by atoms with Crippen LogP contribution >= 0.6 is 0 Å². The normalized spacial score (nSPS) is 52.7. The smallest absolute Gasteiger partial charge is 0.0898 e. The summed E-state index contributed by atoms with van der Waals surface area (Å²) in [6.07, 6.45) is 11.9. The molecule has 0 heterocycles. The second-order valence-electron chi connectivity index (χ2n) is 8.82. The molecule has 0 bridgehead atoms. The van der Waals surface area contributed by atoms with Gasteiger partial charge in [0.05, 0.1) is 12.4 Å². The number of hydrogen-bond acceptors (Lipinski definition) is 1. The predicted octanol–water partition coefficient (Wildman–Crippen LogP) is 5.16. The lowest BCUT2D eigenvalue weighted by Gasteiger charge is -2.58. The van der Waals surface area contributed by atoms with Gasteiger partial charge in [0.25, 0.3) is 0 Å². The molecule has 22 heavy (non-hydrogen) atoms. The SMILES string of the molecule is C[C@]12CC[C@H]3[C@@H](CCC4=C/C(=C/F)CC[C@@]43C)[C@@H]1CC[C@@H]2O. The summed E-state index contributed by atoms with van der Waals surface area (Å²) in [4.78, 5) is 0. The van der Waals surface area contributed by atoms with Crippen LogP contribution in [0.25, 0.3) is 0 Å². The van der Waals surface area contributed by atoms with E-state index in [1.165, 1.54) is 31.3 Å². The Balaban J connectivity index is 1.68. The van der Waals surface area contributed by atoms with Crippen molar-refractivity contribution in [2.45, 2.75) is 71.3 Å². The first-order valence-electron chi connectivity index (χ1n) is 9.17. The minimum Gasteiger partial charge on any atom is -0.393 e. The van der Waals surface area contributed by atoms with Crippen LogP contribution in [0.1, 0.15) is 65.2 Å². The van der Waals surface area contributed by atoms with Crippen molar-refractivity contribution in [3.05, 3.63) is 23.6 Å². The molecule has 0 unspecified atom stereocenters. The van der Waals surface area contributed by atoms with E-state index in [4.69, 9.17) is 0 Å². The lowest BCUT2D eigenvalue weighted by Crippen LogP contribution is -2.50. The van der Waals surface area contributed by atoms with Gasteiger partial charge in [-0.1, -0.05) is 25.5 Å². The maximum atomic E-state index is 12.9. The Bertz CT molecular complexity index is 536. The van der Waals surface area contributed by atoms with Crippen LogP contribution in [0.4, 0.5) is 4.39 Å². The molecule has 0 saturated heterocycles. The number of aliphatic hydroxyl groups is 1. The molecule has 0 amide bonds. The minimum atomic E-state index is -0.0874. The van der Waals surface area contributed by atoms with Crippen LogP contribution in [0.5, 0.6) is 0 Å². The topological polar surface area (TPSA) is 20.2 Å². The van der Waals surface area contributed by atoms with Crippen LogP contribution in [0.3, 0.4) is 0 Å². The molecule has 4 rings (SSSR count). The van der Waals surface area contributed by atoms with Gasteiger partial charge in [-0.15, -0.1) is 0 Å². The van der Waals surface area contributed by atoms with E-state index in [0.29, 0.717) is 5.92 Å². The van der Waals surface area contributed by atoms with Crippen molar-refractivity contribution in [2.24, 2.45) is 28.6 Å². The molecule has 4 aliphatic carbocycles. The van der Waals surface area contributed by atoms with Crippen molar-refractivity contribution < 1.29 is 9.50 Å². The van der Waals surface area contributed by atoms with E-state index in [0.717, 1.165) is 49.4 Å². The van der Waals surface area contributed by atoms with Gasteiger partial charge in [-0.05, 0) is 85.5 Å². The van der Waals surface area contributed by atoms with Crippen molar-refractivity contribution in [3.63, 3.8) is 0 Å². The molecule has 0 radical (unpaired) electrons. The largest absolute Gasteiger partial charge is 0.393 e. The van der Waals surface area contributed by atoms with E-state index in [9.17, 15) is 9.50 Å². The third-order valence-electron chi connectivity index (χ3n) is 8.12. The molecule has 0 aromatic rings. The summed E-state index contributed by atoms with van der Waals surface area (Å²) < 4.78 is 12.9. The number of allylic oxidation sites excluding steroid dienone is 3. The maximum Gasteiger partial charge on any atom is 0.0898 e. The molecule has 1 N–H and O–H groups in total. The molecule has 2 heteroatoms. The van der Waals surface area contributed by atoms with Gasteiger partial charge in [-0.2, -0.15) is 0 Å². The molecule has 0 aromatic carbocycles. The van der Waals surface area contributed by atoms with Gasteiger partial charge in [0.15, 0.2) is 0 Å². The standard InChI is InChI=1S/C20H29FO/c1-19-9-7-13(12-21)11-14(19)3-4-15-16-5-6-18(22)20(16,2)10-8-17(15)19/h11-12,15-18,22H,3-10H2,1-2H3/b13-12+/t15-,16-,17-,18-,19-,20-/m0/s1. The van der Waals surface area contributed by atoms with Gasteiger partial charge in [0.2, 0.25) is 0 Å². The van der Waals surface area contributed by atoms with E-state index in [1.54, 1.807) is 0 Å². The minimum absolute atomic E-state index is 0.0874. The Morgan fingerprint density at radius 1 is 1.09 bits per heavy atom. The first kappa shape index (κ1) is 14.9. The first-order chi connectivity index (χ1) is 10.5. The molecule has 3 fully saturated rings. The number of aliphatic hydroxyl groups excluding tert-OH is 1. The van der Waals surface area contributed by atoms with Crippen molar-refractivity contribution in [1.29, 1.82) is 0 Å². The van der Waals surface area contributed by atoms with E-state index in [-0.39, 0.29) is 16.9 Å². The highest BCUT2D eigenvalue weighted by Gasteiger charge is 2.58. The Hall–Kier alpha value is -0.630.